The molecule has 0 radical (unpaired) electrons. The van der Waals surface area contributed by atoms with E-state index in [1.807, 2.05) is 39.0 Å². The van der Waals surface area contributed by atoms with Gasteiger partial charge in [0.1, 0.15) is 5.70 Å². The molecule has 1 aliphatic rings. The van der Waals surface area contributed by atoms with Crippen LogP contribution in [0.25, 0.3) is 5.57 Å². The Hall–Kier alpha value is -3.48. The number of nitrogens with one attached hydrogen (secondary N) is 1. The van der Waals surface area contributed by atoms with E-state index in [2.05, 4.69) is 5.32 Å². The number of hydrogen-bond acceptors (Lipinski definition) is 5. The first kappa shape index (κ1) is 19.3. The number of rotatable bonds is 6. The average molecular weight is 379 g/mol. The van der Waals surface area contributed by atoms with Gasteiger partial charge >= 0.3 is 0 Å². The summed E-state index contributed by atoms with van der Waals surface area (Å²) in [6.45, 7) is 6.06. The molecule has 144 valence electrons. The van der Waals surface area contributed by atoms with Gasteiger partial charge in [-0.25, -0.2) is 0 Å². The monoisotopic (exact) mass is 379 g/mol. The predicted octanol–water partition coefficient (Wildman–Crippen LogP) is 3.81. The van der Waals surface area contributed by atoms with Crippen molar-refractivity contribution in [2.75, 3.05) is 11.9 Å². The molecule has 1 aliphatic heterocycles. The van der Waals surface area contributed by atoms with E-state index in [1.165, 1.54) is 29.2 Å². The van der Waals surface area contributed by atoms with E-state index in [0.717, 1.165) is 16.8 Å². The summed E-state index contributed by atoms with van der Waals surface area (Å²) in [6, 6.07) is 11.5. The number of nitro benzene ring substituents is 1. The van der Waals surface area contributed by atoms with Crippen LogP contribution in [0.15, 0.2) is 48.2 Å². The van der Waals surface area contributed by atoms with E-state index < -0.39 is 10.8 Å². The van der Waals surface area contributed by atoms with E-state index in [4.69, 9.17) is 0 Å². The molecule has 0 bridgehead atoms. The number of hydrogen-bond donors (Lipinski definition) is 1. The Morgan fingerprint density at radius 2 is 1.71 bits per heavy atom. The van der Waals surface area contributed by atoms with Gasteiger partial charge in [0.2, 0.25) is 0 Å². The lowest BCUT2D eigenvalue weighted by Gasteiger charge is -2.14. The van der Waals surface area contributed by atoms with Gasteiger partial charge in [0.25, 0.3) is 17.5 Å². The number of imide groups is 1. The van der Waals surface area contributed by atoms with Crippen molar-refractivity contribution in [1.82, 2.24) is 4.90 Å². The highest BCUT2D eigenvalue weighted by Gasteiger charge is 2.38. The van der Waals surface area contributed by atoms with Crippen molar-refractivity contribution < 1.29 is 14.5 Å². The smallest absolute Gasteiger partial charge is 0.278 e. The first-order chi connectivity index (χ1) is 13.3. The molecule has 7 nitrogen and oxygen atoms in total. The highest BCUT2D eigenvalue weighted by Crippen LogP contribution is 2.32. The minimum Gasteiger partial charge on any atom is -0.350 e. The molecule has 0 unspecified atom stereocenters. The van der Waals surface area contributed by atoms with E-state index in [9.17, 15) is 19.7 Å². The summed E-state index contributed by atoms with van der Waals surface area (Å²) in [5, 5.41) is 14.1. The summed E-state index contributed by atoms with van der Waals surface area (Å²) >= 11 is 0. The van der Waals surface area contributed by atoms with Gasteiger partial charge in [0.05, 0.1) is 10.5 Å². The molecule has 2 amide bonds. The molecular formula is C21H21N3O4. The number of nitro groups is 1. The lowest BCUT2D eigenvalue weighted by Crippen LogP contribution is -2.33. The molecule has 7 heteroatoms. The minimum absolute atomic E-state index is 0.0735. The number of carbonyl (C=O) groups is 2. The Kier molecular flexibility index (Phi) is 5.26. The van der Waals surface area contributed by atoms with Crippen molar-refractivity contribution in [3.8, 4) is 0 Å². The van der Waals surface area contributed by atoms with Gasteiger partial charge in [0, 0.05) is 24.4 Å². The summed E-state index contributed by atoms with van der Waals surface area (Å²) in [5.74, 6) is -0.783. The van der Waals surface area contributed by atoms with Crippen LogP contribution in [0.5, 0.6) is 0 Å². The van der Waals surface area contributed by atoms with E-state index in [1.54, 1.807) is 0 Å². The fourth-order valence-electron chi connectivity index (χ4n) is 3.14. The summed E-state index contributed by atoms with van der Waals surface area (Å²) in [6.07, 6.45) is 0.641. The fourth-order valence-corrected chi connectivity index (χ4v) is 3.14. The highest BCUT2D eigenvalue weighted by atomic mass is 16.6. The number of aryl methyl sites for hydroxylation is 2. The van der Waals surface area contributed by atoms with E-state index in [0.29, 0.717) is 18.5 Å². The lowest BCUT2D eigenvalue weighted by atomic mass is 10.0. The van der Waals surface area contributed by atoms with Crippen LogP contribution >= 0.6 is 0 Å². The quantitative estimate of drug-likeness (QED) is 0.468. The molecule has 0 saturated carbocycles. The normalized spacial score (nSPS) is 14.0. The Bertz CT molecular complexity index is 993. The molecule has 0 saturated heterocycles. The largest absolute Gasteiger partial charge is 0.350 e. The first-order valence-corrected chi connectivity index (χ1v) is 9.03. The minimum atomic E-state index is -0.502. The number of anilines is 1. The van der Waals surface area contributed by atoms with Crippen molar-refractivity contribution >= 4 is 28.8 Å². The lowest BCUT2D eigenvalue weighted by molar-refractivity contribution is -0.384. The van der Waals surface area contributed by atoms with Gasteiger partial charge in [0.15, 0.2) is 0 Å². The molecule has 0 atom stereocenters. The fraction of sp³-hybridized carbons (Fsp3) is 0.238. The third kappa shape index (κ3) is 3.51. The second kappa shape index (κ2) is 7.64. The third-order valence-electron chi connectivity index (χ3n) is 4.63. The molecule has 0 fully saturated rings. The number of amides is 2. The Morgan fingerprint density at radius 1 is 1.04 bits per heavy atom. The van der Waals surface area contributed by atoms with E-state index >= 15 is 0 Å². The van der Waals surface area contributed by atoms with Crippen LogP contribution in [-0.2, 0) is 9.59 Å². The maximum Gasteiger partial charge on any atom is 0.278 e. The molecule has 1 heterocycles. The molecule has 0 aromatic heterocycles. The molecule has 2 aromatic rings. The number of benzene rings is 2. The van der Waals surface area contributed by atoms with Crippen LogP contribution in [0.2, 0.25) is 0 Å². The second-order valence-corrected chi connectivity index (χ2v) is 6.76. The van der Waals surface area contributed by atoms with Gasteiger partial charge in [-0.05, 0) is 55.2 Å². The number of carbonyl (C=O) groups excluding carboxylic acids is 2. The van der Waals surface area contributed by atoms with Gasteiger partial charge in [-0.3, -0.25) is 24.6 Å². The average Bonchev–Trinajstić information content (AvgIpc) is 2.89. The van der Waals surface area contributed by atoms with Crippen LogP contribution in [-0.4, -0.2) is 28.2 Å². The van der Waals surface area contributed by atoms with Crippen LogP contribution < -0.4 is 5.32 Å². The van der Waals surface area contributed by atoms with Crippen LogP contribution in [0.3, 0.4) is 0 Å². The van der Waals surface area contributed by atoms with Crippen LogP contribution in [0.1, 0.15) is 30.0 Å². The first-order valence-electron chi connectivity index (χ1n) is 9.03. The summed E-state index contributed by atoms with van der Waals surface area (Å²) in [7, 11) is 0. The standard InChI is InChI=1S/C21H21N3O4/c1-4-11-23-20(25)18(15-7-9-16(10-8-15)24(27)28)19(21(23)26)22-17-12-13(2)5-6-14(17)3/h5-10,12,22H,4,11H2,1-3H3. The van der Waals surface area contributed by atoms with Crippen molar-refractivity contribution in [1.29, 1.82) is 0 Å². The topological polar surface area (TPSA) is 92.6 Å². The van der Waals surface area contributed by atoms with Crippen LogP contribution in [0.4, 0.5) is 11.4 Å². The Labute approximate surface area is 162 Å². The molecular weight excluding hydrogens is 358 g/mol. The van der Waals surface area contributed by atoms with Gasteiger partial charge in [-0.2, -0.15) is 0 Å². The SMILES string of the molecule is CCCN1C(=O)C(Nc2cc(C)ccc2C)=C(c2ccc([N+](=O)[O-])cc2)C1=O. The van der Waals surface area contributed by atoms with Gasteiger partial charge in [-0.1, -0.05) is 19.1 Å². The molecule has 3 rings (SSSR count). The van der Waals surface area contributed by atoms with Crippen molar-refractivity contribution in [3.63, 3.8) is 0 Å². The Morgan fingerprint density at radius 3 is 2.32 bits per heavy atom. The maximum absolute atomic E-state index is 13.0. The zero-order valence-electron chi connectivity index (χ0n) is 16.0. The second-order valence-electron chi connectivity index (χ2n) is 6.76. The van der Waals surface area contributed by atoms with Gasteiger partial charge < -0.3 is 5.32 Å². The van der Waals surface area contributed by atoms with Crippen molar-refractivity contribution in [2.24, 2.45) is 0 Å². The zero-order valence-corrected chi connectivity index (χ0v) is 16.0. The predicted molar refractivity (Wildman–Crippen MR) is 107 cm³/mol. The molecule has 0 spiro atoms. The third-order valence-corrected chi connectivity index (χ3v) is 4.63. The molecule has 2 aromatic carbocycles. The Balaban J connectivity index is 2.10. The molecule has 28 heavy (non-hydrogen) atoms. The van der Waals surface area contributed by atoms with E-state index in [-0.39, 0.29) is 22.9 Å². The van der Waals surface area contributed by atoms with Gasteiger partial charge in [-0.15, -0.1) is 0 Å². The summed E-state index contributed by atoms with van der Waals surface area (Å²) in [4.78, 5) is 37.5. The number of non-ortho nitro benzene ring substituents is 1. The van der Waals surface area contributed by atoms with Crippen molar-refractivity contribution in [2.45, 2.75) is 27.2 Å². The highest BCUT2D eigenvalue weighted by molar-refractivity contribution is 6.36. The zero-order chi connectivity index (χ0) is 20.4. The number of nitrogens with zero attached hydrogens (tertiary/aromatic N) is 2. The summed E-state index contributed by atoms with van der Waals surface area (Å²) < 4.78 is 0. The molecule has 0 aliphatic carbocycles. The molecule has 1 N–H and O–H groups in total. The summed E-state index contributed by atoms with van der Waals surface area (Å²) in [5.41, 5.74) is 3.53. The van der Waals surface area contributed by atoms with Crippen LogP contribution in [0, 0.1) is 24.0 Å². The van der Waals surface area contributed by atoms with Crippen molar-refractivity contribution in [3.05, 3.63) is 75.0 Å². The maximum atomic E-state index is 13.0.